The second-order valence-corrected chi connectivity index (χ2v) is 21.0. The molecule has 0 aromatic heterocycles. The summed E-state index contributed by atoms with van der Waals surface area (Å²) in [4.78, 5) is 0. The molecule has 0 N–H and O–H groups in total. The van der Waals surface area contributed by atoms with Gasteiger partial charge in [0.25, 0.3) is 0 Å². The van der Waals surface area contributed by atoms with E-state index in [0.29, 0.717) is 3.63 Å². The maximum atomic E-state index is 2.68. The summed E-state index contributed by atoms with van der Waals surface area (Å²) < 4.78 is 3.82. The Balaban J connectivity index is 1.75. The fourth-order valence-corrected chi connectivity index (χ4v) is 16.5. The molecular formula is C43H48Zr. The van der Waals surface area contributed by atoms with Crippen LogP contribution in [-0.2, 0) is 32.1 Å². The van der Waals surface area contributed by atoms with Gasteiger partial charge < -0.3 is 0 Å². The first kappa shape index (κ1) is 31.1. The topological polar surface area (TPSA) is 0 Å². The molecule has 2 aliphatic carbocycles. The Hall–Kier alpha value is -2.89. The zero-order valence-corrected chi connectivity index (χ0v) is 30.5. The molecule has 4 aromatic carbocycles. The third-order valence-electron chi connectivity index (χ3n) is 9.79. The zero-order valence-electron chi connectivity index (χ0n) is 28.0. The molecule has 44 heavy (non-hydrogen) atoms. The number of hydrogen-bond donors (Lipinski definition) is 0. The summed E-state index contributed by atoms with van der Waals surface area (Å²) >= 11 is -2.77. The van der Waals surface area contributed by atoms with E-state index in [9.17, 15) is 0 Å². The van der Waals surface area contributed by atoms with Crippen molar-refractivity contribution in [1.29, 1.82) is 0 Å². The second kappa shape index (κ2) is 12.1. The normalized spacial score (nSPS) is 14.9. The Bertz CT molecular complexity index is 1680. The zero-order chi connectivity index (χ0) is 31.2. The SMILES string of the molecule is CCC1=C(CC)C[C]([Zr](=[C](c2ccccc2)c2ccccc2)[CH]2c3cc(C(C)(C)C)ccc3-c3ccc(C(C)(C)C)cc32)=C1. The van der Waals surface area contributed by atoms with Crippen molar-refractivity contribution in [2.24, 2.45) is 0 Å². The summed E-state index contributed by atoms with van der Waals surface area (Å²) in [6, 6.07) is 37.7. The van der Waals surface area contributed by atoms with Gasteiger partial charge in [-0.3, -0.25) is 0 Å². The van der Waals surface area contributed by atoms with E-state index in [2.05, 4.69) is 159 Å². The van der Waals surface area contributed by atoms with E-state index in [1.165, 1.54) is 33.4 Å². The van der Waals surface area contributed by atoms with Crippen molar-refractivity contribution in [3.05, 3.63) is 151 Å². The molecule has 2 aliphatic rings. The minimum absolute atomic E-state index is 0.0960. The van der Waals surface area contributed by atoms with E-state index in [0.717, 1.165) is 19.3 Å². The number of fused-ring (bicyclic) bond motifs is 3. The van der Waals surface area contributed by atoms with Crippen molar-refractivity contribution in [3.63, 3.8) is 0 Å². The molecule has 0 amide bonds. The van der Waals surface area contributed by atoms with E-state index in [1.807, 2.05) is 0 Å². The van der Waals surface area contributed by atoms with Crippen LogP contribution in [0.15, 0.2) is 118 Å². The molecule has 1 heteroatoms. The molecule has 0 atom stereocenters. The first-order valence-corrected chi connectivity index (χ1v) is 20.4. The fourth-order valence-electron chi connectivity index (χ4n) is 7.27. The van der Waals surface area contributed by atoms with Crippen LogP contribution < -0.4 is 0 Å². The molecule has 0 spiro atoms. The fraction of sp³-hybridized carbons (Fsp3) is 0.326. The Morgan fingerprint density at radius 2 is 1.11 bits per heavy atom. The molecule has 0 fully saturated rings. The third kappa shape index (κ3) is 5.78. The molecule has 0 unspecified atom stereocenters. The Labute approximate surface area is 274 Å². The molecular weight excluding hydrogens is 608 g/mol. The monoisotopic (exact) mass is 654 g/mol. The first-order chi connectivity index (χ1) is 21.0. The van der Waals surface area contributed by atoms with Gasteiger partial charge in [0, 0.05) is 0 Å². The second-order valence-electron chi connectivity index (χ2n) is 14.7. The van der Waals surface area contributed by atoms with Crippen molar-refractivity contribution in [3.8, 4) is 11.1 Å². The minimum atomic E-state index is -2.77. The van der Waals surface area contributed by atoms with E-state index < -0.39 is 21.3 Å². The standard InChI is InChI=1S/C21H25.C13H10.C9H13.Zr/c1-20(2,3)16-7-9-18-14(12-16)11-15-13-17(21(4,5)6)8-10-19(15)18;1-3-7-12(8-4-1)11-13-9-5-2-6-10-13;1-3-8-6-5-7-9(8)4-2;/h7-13H,1-6H3;1-10H;6H,3-4,7H2,1-2H3;. The van der Waals surface area contributed by atoms with E-state index in [-0.39, 0.29) is 10.8 Å². The Morgan fingerprint density at radius 3 is 1.50 bits per heavy atom. The third-order valence-corrected chi connectivity index (χ3v) is 18.0. The molecule has 0 aliphatic heterocycles. The Morgan fingerprint density at radius 1 is 0.636 bits per heavy atom. The van der Waals surface area contributed by atoms with Crippen LogP contribution in [0.4, 0.5) is 0 Å². The van der Waals surface area contributed by atoms with Crippen LogP contribution in [0.1, 0.15) is 112 Å². The van der Waals surface area contributed by atoms with Crippen LogP contribution in [0.3, 0.4) is 0 Å². The number of hydrogen-bond acceptors (Lipinski definition) is 0. The summed E-state index contributed by atoms with van der Waals surface area (Å²) in [6.07, 6.45) is 6.09. The van der Waals surface area contributed by atoms with Gasteiger partial charge in [0.1, 0.15) is 0 Å². The summed E-state index contributed by atoms with van der Waals surface area (Å²) in [5, 5.41) is 0. The summed E-state index contributed by atoms with van der Waals surface area (Å²) in [6.45, 7) is 18.9. The molecule has 0 nitrogen and oxygen atoms in total. The van der Waals surface area contributed by atoms with Crippen LogP contribution in [0.5, 0.6) is 0 Å². The van der Waals surface area contributed by atoms with Gasteiger partial charge in [0.05, 0.1) is 0 Å². The van der Waals surface area contributed by atoms with Crippen LogP contribution in [0, 0.1) is 0 Å². The predicted molar refractivity (Wildman–Crippen MR) is 188 cm³/mol. The van der Waals surface area contributed by atoms with Crippen LogP contribution in [0.25, 0.3) is 11.1 Å². The first-order valence-electron chi connectivity index (χ1n) is 16.6. The molecule has 0 radical (unpaired) electrons. The average Bonchev–Trinajstić information content (AvgIpc) is 3.58. The number of allylic oxidation sites excluding steroid dienone is 4. The van der Waals surface area contributed by atoms with Gasteiger partial charge in [0.15, 0.2) is 0 Å². The van der Waals surface area contributed by atoms with Gasteiger partial charge in [-0.15, -0.1) is 0 Å². The van der Waals surface area contributed by atoms with E-state index in [4.69, 9.17) is 0 Å². The van der Waals surface area contributed by atoms with Crippen LogP contribution in [0.2, 0.25) is 0 Å². The van der Waals surface area contributed by atoms with Crippen LogP contribution in [-0.4, -0.2) is 3.21 Å². The van der Waals surface area contributed by atoms with Crippen molar-refractivity contribution in [1.82, 2.24) is 0 Å². The maximum absolute atomic E-state index is 2.77. The molecule has 0 bridgehead atoms. The van der Waals surface area contributed by atoms with Gasteiger partial charge in [-0.05, 0) is 0 Å². The summed E-state index contributed by atoms with van der Waals surface area (Å²) in [5.41, 5.74) is 15.2. The van der Waals surface area contributed by atoms with Gasteiger partial charge in [-0.2, -0.15) is 0 Å². The molecule has 0 heterocycles. The van der Waals surface area contributed by atoms with Gasteiger partial charge in [-0.1, -0.05) is 0 Å². The number of rotatable bonds is 6. The van der Waals surface area contributed by atoms with Gasteiger partial charge in [0.2, 0.25) is 0 Å². The molecule has 0 saturated carbocycles. The molecule has 4 aromatic rings. The van der Waals surface area contributed by atoms with E-state index in [1.54, 1.807) is 28.8 Å². The molecule has 0 saturated heterocycles. The van der Waals surface area contributed by atoms with Crippen molar-refractivity contribution < 1.29 is 21.3 Å². The molecule has 224 valence electrons. The van der Waals surface area contributed by atoms with Crippen molar-refractivity contribution in [2.45, 2.75) is 89.1 Å². The van der Waals surface area contributed by atoms with E-state index >= 15 is 0 Å². The van der Waals surface area contributed by atoms with Crippen molar-refractivity contribution >= 4 is 3.21 Å². The van der Waals surface area contributed by atoms with Gasteiger partial charge in [-0.25, -0.2) is 0 Å². The molecule has 6 rings (SSSR count). The van der Waals surface area contributed by atoms with Crippen molar-refractivity contribution in [2.75, 3.05) is 0 Å². The number of benzene rings is 4. The predicted octanol–water partition coefficient (Wildman–Crippen LogP) is 11.6. The van der Waals surface area contributed by atoms with Crippen LogP contribution >= 0.6 is 0 Å². The quantitative estimate of drug-likeness (QED) is 0.194. The van der Waals surface area contributed by atoms with Gasteiger partial charge >= 0.3 is 276 Å². The summed E-state index contributed by atoms with van der Waals surface area (Å²) in [5.74, 6) is 0. The average molecular weight is 656 g/mol. The summed E-state index contributed by atoms with van der Waals surface area (Å²) in [7, 11) is 0. The Kier molecular flexibility index (Phi) is 8.58.